The maximum absolute atomic E-state index is 12.7. The first-order chi connectivity index (χ1) is 15.4. The molecule has 32 heavy (non-hydrogen) atoms. The summed E-state index contributed by atoms with van der Waals surface area (Å²) < 4.78 is 7.76. The van der Waals surface area contributed by atoms with E-state index in [1.54, 1.807) is 31.2 Å². The highest BCUT2D eigenvalue weighted by Gasteiger charge is 2.20. The largest absolute Gasteiger partial charge is 0.455 e. The lowest BCUT2D eigenvalue weighted by molar-refractivity contribution is -0.154. The molecule has 1 unspecified atom stereocenters. The van der Waals surface area contributed by atoms with Gasteiger partial charge in [-0.2, -0.15) is 5.10 Å². The molecule has 0 aliphatic rings. The number of hydrogen-bond acceptors (Lipinski definition) is 6. The molecule has 0 aliphatic carbocycles. The van der Waals surface area contributed by atoms with Gasteiger partial charge in [-0.1, -0.05) is 49.4 Å². The van der Waals surface area contributed by atoms with Crippen LogP contribution in [0.4, 0.5) is 0 Å². The van der Waals surface area contributed by atoms with Gasteiger partial charge in [0.25, 0.3) is 0 Å². The molecular formula is C24H27N3O5. The van der Waals surface area contributed by atoms with Crippen LogP contribution in [0.25, 0.3) is 5.69 Å². The number of aromatic nitrogens is 3. The molecule has 0 saturated heterocycles. The highest BCUT2D eigenvalue weighted by molar-refractivity contribution is 6.33. The van der Waals surface area contributed by atoms with E-state index in [4.69, 9.17) is 4.74 Å². The van der Waals surface area contributed by atoms with Crippen LogP contribution in [-0.4, -0.2) is 37.3 Å². The summed E-state index contributed by atoms with van der Waals surface area (Å²) in [6.45, 7) is 3.58. The molecule has 0 saturated carbocycles. The predicted octanol–water partition coefficient (Wildman–Crippen LogP) is 2.61. The number of hydrogen-bond donors (Lipinski definition) is 1. The number of aryl methyl sites for hydroxylation is 1. The Morgan fingerprint density at radius 3 is 2.38 bits per heavy atom. The molecule has 0 spiro atoms. The van der Waals surface area contributed by atoms with Crippen molar-refractivity contribution in [3.63, 3.8) is 0 Å². The van der Waals surface area contributed by atoms with Crippen molar-refractivity contribution in [1.82, 2.24) is 14.3 Å². The Kier molecular flexibility index (Phi) is 7.72. The Hall–Kier alpha value is -3.52. The Morgan fingerprint density at radius 2 is 1.75 bits per heavy atom. The monoisotopic (exact) mass is 437 g/mol. The highest BCUT2D eigenvalue weighted by Crippen LogP contribution is 2.14. The van der Waals surface area contributed by atoms with Crippen LogP contribution in [0.1, 0.15) is 43.9 Å². The van der Waals surface area contributed by atoms with E-state index in [1.165, 1.54) is 15.6 Å². The number of carbonyl (C=O) groups is 2. The van der Waals surface area contributed by atoms with E-state index in [9.17, 15) is 19.5 Å². The summed E-state index contributed by atoms with van der Waals surface area (Å²) in [7, 11) is 0. The summed E-state index contributed by atoms with van der Waals surface area (Å²) in [5.41, 5.74) is 1.97. The number of Topliss-reactive ketones (excluding diaryl/α,β-unsaturated/α-hetero) is 1. The first-order valence-electron chi connectivity index (χ1n) is 10.6. The number of aliphatic hydroxyl groups is 1. The number of carbonyl (C=O) groups excluding carboxylic acids is 2. The lowest BCUT2D eigenvalue weighted by Gasteiger charge is -2.16. The first-order valence-corrected chi connectivity index (χ1v) is 10.6. The molecule has 1 aromatic heterocycles. The van der Waals surface area contributed by atoms with Gasteiger partial charge in [0.15, 0.2) is 0 Å². The molecule has 8 heteroatoms. The van der Waals surface area contributed by atoms with Crippen molar-refractivity contribution in [2.45, 2.75) is 51.9 Å². The van der Waals surface area contributed by atoms with E-state index in [1.807, 2.05) is 37.3 Å². The standard InChI is InChI=1S/C24H27N3O5/c1-3-21(17(2)28)27-24(31)26(16-25-27)20-12-9-18(10-13-20)11-14-22(29)23(30)32-15-19-7-5-4-6-8-19/h4-10,12-13,16-17,21,28H,3,11,14-15H2,1-2H3/t17-,21?/m0/s1. The third-order valence-electron chi connectivity index (χ3n) is 5.28. The number of nitrogens with zero attached hydrogens (tertiary/aromatic N) is 3. The van der Waals surface area contributed by atoms with Gasteiger partial charge in [-0.3, -0.25) is 4.79 Å². The van der Waals surface area contributed by atoms with Gasteiger partial charge in [0, 0.05) is 6.42 Å². The molecule has 1 heterocycles. The van der Waals surface area contributed by atoms with Crippen LogP contribution in [0.2, 0.25) is 0 Å². The van der Waals surface area contributed by atoms with Gasteiger partial charge in [0.1, 0.15) is 12.9 Å². The summed E-state index contributed by atoms with van der Waals surface area (Å²) in [5.74, 6) is -1.42. The summed E-state index contributed by atoms with van der Waals surface area (Å²) in [4.78, 5) is 36.6. The van der Waals surface area contributed by atoms with E-state index in [2.05, 4.69) is 5.10 Å². The SMILES string of the molecule is CCC([C@H](C)O)n1ncn(-c2ccc(CCC(=O)C(=O)OCc3ccccc3)cc2)c1=O. The topological polar surface area (TPSA) is 103 Å². The summed E-state index contributed by atoms with van der Waals surface area (Å²) in [6, 6.07) is 15.9. The number of ketones is 1. The van der Waals surface area contributed by atoms with Crippen LogP contribution >= 0.6 is 0 Å². The molecule has 0 bridgehead atoms. The zero-order valence-corrected chi connectivity index (χ0v) is 18.2. The lowest BCUT2D eigenvalue weighted by atomic mass is 10.1. The van der Waals surface area contributed by atoms with Crippen molar-refractivity contribution in [2.24, 2.45) is 0 Å². The number of aliphatic hydroxyl groups excluding tert-OH is 1. The van der Waals surface area contributed by atoms with E-state index in [-0.39, 0.29) is 18.7 Å². The van der Waals surface area contributed by atoms with Crippen molar-refractivity contribution in [3.05, 3.63) is 82.5 Å². The normalized spacial score (nSPS) is 12.8. The van der Waals surface area contributed by atoms with Gasteiger partial charge in [-0.05, 0) is 43.0 Å². The fourth-order valence-electron chi connectivity index (χ4n) is 3.43. The fraction of sp³-hybridized carbons (Fsp3) is 0.333. The Labute approximate surface area is 186 Å². The summed E-state index contributed by atoms with van der Waals surface area (Å²) in [5, 5.41) is 14.0. The van der Waals surface area contributed by atoms with Crippen molar-refractivity contribution in [2.75, 3.05) is 0 Å². The number of esters is 1. The molecule has 2 aromatic carbocycles. The van der Waals surface area contributed by atoms with Gasteiger partial charge in [0.05, 0.1) is 17.8 Å². The first kappa shape index (κ1) is 23.1. The second-order valence-electron chi connectivity index (χ2n) is 7.60. The van der Waals surface area contributed by atoms with Crippen LogP contribution in [-0.2, 0) is 27.4 Å². The average molecular weight is 437 g/mol. The average Bonchev–Trinajstić information content (AvgIpc) is 3.18. The van der Waals surface area contributed by atoms with Gasteiger partial charge in [-0.15, -0.1) is 0 Å². The van der Waals surface area contributed by atoms with Crippen molar-refractivity contribution in [3.8, 4) is 5.69 Å². The minimum atomic E-state index is -0.840. The second kappa shape index (κ2) is 10.7. The Bertz CT molecular complexity index is 1100. The number of rotatable bonds is 10. The lowest BCUT2D eigenvalue weighted by Crippen LogP contribution is -2.32. The highest BCUT2D eigenvalue weighted by atomic mass is 16.5. The number of benzene rings is 2. The van der Waals surface area contributed by atoms with Gasteiger partial charge >= 0.3 is 11.7 Å². The van der Waals surface area contributed by atoms with E-state index in [0.717, 1.165) is 11.1 Å². The Balaban J connectivity index is 1.57. The van der Waals surface area contributed by atoms with E-state index >= 15 is 0 Å². The van der Waals surface area contributed by atoms with Gasteiger partial charge in [-0.25, -0.2) is 18.8 Å². The molecule has 168 valence electrons. The van der Waals surface area contributed by atoms with Crippen LogP contribution in [0.5, 0.6) is 0 Å². The molecule has 0 aliphatic heterocycles. The molecule has 2 atom stereocenters. The predicted molar refractivity (Wildman–Crippen MR) is 118 cm³/mol. The second-order valence-corrected chi connectivity index (χ2v) is 7.60. The van der Waals surface area contributed by atoms with Gasteiger partial charge < -0.3 is 9.84 Å². The van der Waals surface area contributed by atoms with Crippen molar-refractivity contribution in [1.29, 1.82) is 0 Å². The molecule has 0 radical (unpaired) electrons. The third kappa shape index (κ3) is 5.59. The molecule has 3 rings (SSSR count). The zero-order valence-electron chi connectivity index (χ0n) is 18.2. The van der Waals surface area contributed by atoms with Crippen molar-refractivity contribution >= 4 is 11.8 Å². The smallest absolute Gasteiger partial charge is 0.374 e. The molecule has 1 N–H and O–H groups in total. The molecule has 0 fully saturated rings. The molecule has 8 nitrogen and oxygen atoms in total. The maximum atomic E-state index is 12.7. The summed E-state index contributed by atoms with van der Waals surface area (Å²) in [6.07, 6.45) is 1.73. The van der Waals surface area contributed by atoms with E-state index in [0.29, 0.717) is 18.5 Å². The third-order valence-corrected chi connectivity index (χ3v) is 5.28. The van der Waals surface area contributed by atoms with E-state index < -0.39 is 23.9 Å². The maximum Gasteiger partial charge on any atom is 0.374 e. The van der Waals surface area contributed by atoms with Crippen molar-refractivity contribution < 1.29 is 19.4 Å². The van der Waals surface area contributed by atoms with Crippen LogP contribution in [0.15, 0.2) is 65.7 Å². The zero-order chi connectivity index (χ0) is 23.1. The molecule has 3 aromatic rings. The Morgan fingerprint density at radius 1 is 1.06 bits per heavy atom. The molecule has 0 amide bonds. The van der Waals surface area contributed by atoms with Crippen LogP contribution in [0, 0.1) is 0 Å². The number of ether oxygens (including phenoxy) is 1. The fourth-order valence-corrected chi connectivity index (χ4v) is 3.43. The molecular weight excluding hydrogens is 410 g/mol. The van der Waals surface area contributed by atoms with Crippen LogP contribution in [0.3, 0.4) is 0 Å². The quantitative estimate of drug-likeness (QED) is 0.386. The van der Waals surface area contributed by atoms with Gasteiger partial charge in [0.2, 0.25) is 5.78 Å². The minimum absolute atomic E-state index is 0.0391. The minimum Gasteiger partial charge on any atom is -0.455 e. The summed E-state index contributed by atoms with van der Waals surface area (Å²) >= 11 is 0. The van der Waals surface area contributed by atoms with Crippen LogP contribution < -0.4 is 5.69 Å².